The second-order valence-corrected chi connectivity index (χ2v) is 21.8. The van der Waals surface area contributed by atoms with Crippen LogP contribution in [0.5, 0.6) is 0 Å². The van der Waals surface area contributed by atoms with Crippen LogP contribution >= 0.6 is 0 Å². The minimum Gasteiger partial charge on any atom is -0.479 e. The highest BCUT2D eigenvalue weighted by Crippen LogP contribution is 2.53. The van der Waals surface area contributed by atoms with Gasteiger partial charge in [-0.1, -0.05) is 45.1 Å². The van der Waals surface area contributed by atoms with Crippen LogP contribution in [0.2, 0.25) is 0 Å². The van der Waals surface area contributed by atoms with Crippen LogP contribution in [-0.2, 0) is 52.2 Å². The highest BCUT2D eigenvalue weighted by Gasteiger charge is 2.60. The lowest BCUT2D eigenvalue weighted by Crippen LogP contribution is -2.59. The van der Waals surface area contributed by atoms with Crippen LogP contribution < -0.4 is 0 Å². The fourth-order valence-electron chi connectivity index (χ4n) is 12.2. The zero-order valence-corrected chi connectivity index (χ0v) is 42.0. The molecule has 9 bridgehead atoms. The lowest BCUT2D eigenvalue weighted by molar-refractivity contribution is -0.414. The third-order valence-corrected chi connectivity index (χ3v) is 16.6. The van der Waals surface area contributed by atoms with Gasteiger partial charge in [0.1, 0.15) is 30.5 Å². The number of fused-ring (bicyclic) bond motifs is 6. The first-order valence-electron chi connectivity index (χ1n) is 26.3. The van der Waals surface area contributed by atoms with E-state index in [-0.39, 0.29) is 62.1 Å². The molecule has 0 radical (unpaired) electrons. The van der Waals surface area contributed by atoms with Crippen molar-refractivity contribution in [1.29, 1.82) is 0 Å². The minimum atomic E-state index is -1.48. The molecular weight excluding hydrogens is 913 g/mol. The van der Waals surface area contributed by atoms with Crippen LogP contribution in [0.4, 0.5) is 0 Å². The van der Waals surface area contributed by atoms with E-state index in [1.54, 1.807) is 26.4 Å². The number of aliphatic carboxylic acids is 1. The molecular formula is C52H84O18. The average Bonchev–Trinajstić information content (AvgIpc) is 3.67. The molecule has 7 heterocycles. The van der Waals surface area contributed by atoms with E-state index in [4.69, 9.17) is 47.7 Å². The summed E-state index contributed by atoms with van der Waals surface area (Å²) in [5.74, 6) is -5.56. The number of esters is 1. The summed E-state index contributed by atoms with van der Waals surface area (Å²) in [6, 6.07) is 0. The molecule has 400 valence electrons. The molecule has 0 aromatic carbocycles. The SMILES string of the molecule is COC1CC2CCC(C)C(O)C(O)C3OC4(CCC(C)C(CC(O)CC(O)C(O)C5CCCC(CC(=O)OC6CC7(OC6CC=CCC=CCC(O)C(=O)O)OC(CCC7C)(C1)O2)O5)O4)CCC3OC. The molecule has 18 heteroatoms. The number of methoxy groups -OCH3 is 2. The maximum Gasteiger partial charge on any atom is 0.332 e. The fourth-order valence-corrected chi connectivity index (χ4v) is 12.2. The highest BCUT2D eigenvalue weighted by atomic mass is 16.8. The Morgan fingerprint density at radius 1 is 0.729 bits per heavy atom. The Bertz CT molecular complexity index is 1750. The van der Waals surface area contributed by atoms with E-state index in [1.165, 1.54) is 0 Å². The molecule has 7 aliphatic rings. The van der Waals surface area contributed by atoms with Gasteiger partial charge < -0.3 is 78.4 Å². The lowest BCUT2D eigenvalue weighted by Gasteiger charge is -2.53. The average molecular weight is 997 g/mol. The van der Waals surface area contributed by atoms with Gasteiger partial charge in [0.25, 0.3) is 0 Å². The molecule has 7 aliphatic heterocycles. The van der Waals surface area contributed by atoms with E-state index in [1.807, 2.05) is 26.0 Å². The van der Waals surface area contributed by atoms with Crippen molar-refractivity contribution in [1.82, 2.24) is 0 Å². The number of hydrogen-bond acceptors (Lipinski definition) is 17. The van der Waals surface area contributed by atoms with Gasteiger partial charge in [-0.3, -0.25) is 4.79 Å². The number of carboxylic acids is 1. The predicted molar refractivity (Wildman–Crippen MR) is 251 cm³/mol. The van der Waals surface area contributed by atoms with Gasteiger partial charge in [-0.15, -0.1) is 0 Å². The van der Waals surface area contributed by atoms with E-state index in [9.17, 15) is 40.2 Å². The summed E-state index contributed by atoms with van der Waals surface area (Å²) in [4.78, 5) is 24.9. The van der Waals surface area contributed by atoms with Crippen molar-refractivity contribution in [2.24, 2.45) is 17.8 Å². The maximum absolute atomic E-state index is 13.9. The summed E-state index contributed by atoms with van der Waals surface area (Å²) in [5.41, 5.74) is 0. The summed E-state index contributed by atoms with van der Waals surface area (Å²) in [5, 5.41) is 76.3. The molecule has 21 atom stereocenters. The van der Waals surface area contributed by atoms with Gasteiger partial charge in [0.15, 0.2) is 23.5 Å². The molecule has 70 heavy (non-hydrogen) atoms. The van der Waals surface area contributed by atoms with E-state index in [2.05, 4.69) is 6.92 Å². The first kappa shape index (κ1) is 55.6. The van der Waals surface area contributed by atoms with E-state index < -0.39 is 109 Å². The van der Waals surface area contributed by atoms with Gasteiger partial charge in [-0.25, -0.2) is 4.79 Å². The second kappa shape index (κ2) is 24.5. The molecule has 21 unspecified atom stereocenters. The number of allylic oxidation sites excluding steroid dienone is 2. The molecule has 0 amide bonds. The Kier molecular flexibility index (Phi) is 19.4. The van der Waals surface area contributed by atoms with Crippen molar-refractivity contribution < 1.29 is 88.0 Å². The van der Waals surface area contributed by atoms with Crippen LogP contribution in [0.25, 0.3) is 0 Å². The van der Waals surface area contributed by atoms with Gasteiger partial charge in [-0.2, -0.15) is 0 Å². The molecule has 0 aliphatic carbocycles. The maximum atomic E-state index is 13.9. The molecule has 18 nitrogen and oxygen atoms in total. The van der Waals surface area contributed by atoms with Gasteiger partial charge in [-0.05, 0) is 82.5 Å². The van der Waals surface area contributed by atoms with Gasteiger partial charge in [0.2, 0.25) is 0 Å². The van der Waals surface area contributed by atoms with Crippen molar-refractivity contribution >= 4 is 11.9 Å². The Balaban J connectivity index is 1.13. The number of aliphatic hydroxyl groups excluding tert-OH is 6. The van der Waals surface area contributed by atoms with Crippen molar-refractivity contribution in [3.63, 3.8) is 0 Å². The molecule has 0 saturated carbocycles. The molecule has 0 aromatic rings. The van der Waals surface area contributed by atoms with Crippen LogP contribution in [0, 0.1) is 17.8 Å². The van der Waals surface area contributed by atoms with Gasteiger partial charge in [0.05, 0.1) is 61.4 Å². The zero-order chi connectivity index (χ0) is 50.4. The van der Waals surface area contributed by atoms with Crippen LogP contribution in [0.15, 0.2) is 24.3 Å². The third-order valence-electron chi connectivity index (χ3n) is 16.6. The summed E-state index contributed by atoms with van der Waals surface area (Å²) in [6.45, 7) is 6.00. The van der Waals surface area contributed by atoms with E-state index in [0.29, 0.717) is 89.9 Å². The summed E-state index contributed by atoms with van der Waals surface area (Å²) < 4.78 is 58.8. The van der Waals surface area contributed by atoms with Crippen LogP contribution in [0.3, 0.4) is 0 Å². The first-order chi connectivity index (χ1) is 33.4. The van der Waals surface area contributed by atoms with Crippen molar-refractivity contribution in [3.8, 4) is 0 Å². The lowest BCUT2D eigenvalue weighted by atomic mass is 9.81. The smallest absolute Gasteiger partial charge is 0.332 e. The number of ether oxygens (including phenoxy) is 9. The Hall–Kier alpha value is -2.14. The predicted octanol–water partition coefficient (Wildman–Crippen LogP) is 4.50. The quantitative estimate of drug-likeness (QED) is 0.124. The van der Waals surface area contributed by atoms with Gasteiger partial charge >= 0.3 is 11.9 Å². The number of carboxylic acid groups (broad SMARTS) is 1. The molecule has 0 aromatic heterocycles. The monoisotopic (exact) mass is 997 g/mol. The van der Waals surface area contributed by atoms with E-state index >= 15 is 0 Å². The molecule has 7 N–H and O–H groups in total. The topological polar surface area (TPSA) is 259 Å². The number of carbonyl (C=O) groups is 2. The number of rotatable bonds is 9. The Morgan fingerprint density at radius 3 is 2.24 bits per heavy atom. The van der Waals surface area contributed by atoms with Crippen molar-refractivity contribution in [3.05, 3.63) is 24.3 Å². The Labute approximate surface area is 413 Å². The zero-order valence-electron chi connectivity index (χ0n) is 42.0. The summed E-state index contributed by atoms with van der Waals surface area (Å²) in [7, 11) is 3.24. The second-order valence-electron chi connectivity index (χ2n) is 21.8. The first-order valence-corrected chi connectivity index (χ1v) is 26.3. The van der Waals surface area contributed by atoms with Crippen molar-refractivity contribution in [2.75, 3.05) is 14.2 Å². The fraction of sp³-hybridized carbons (Fsp3) is 0.885. The highest BCUT2D eigenvalue weighted by molar-refractivity contribution is 5.72. The van der Waals surface area contributed by atoms with Gasteiger partial charge in [0, 0.05) is 71.5 Å². The standard InChI is InChI=1S/C52H84O18/c1-30-18-21-50-23-20-41(63-5)48(69-50)47(59)45(57)31(2)16-17-35-26-36(62-4)28-51(66-35)22-19-32(3)52(70-51)29-43(39(68-52)14-10-8-6-7-9-13-37(54)49(60)61)65-44(56)27-34-12-11-15-40(64-34)46(58)38(55)24-33(53)25-42(30)67-50/h7-10,30-43,45-48,53-55,57-59H,6,11-29H2,1-5H3,(H,60,61). The number of aliphatic hydroxyl groups is 6. The molecule has 7 rings (SSSR count). The largest absolute Gasteiger partial charge is 0.479 e. The normalized spacial score (nSPS) is 46.4. The van der Waals surface area contributed by atoms with E-state index in [0.717, 1.165) is 6.42 Å². The molecule has 7 fully saturated rings. The van der Waals surface area contributed by atoms with Crippen LogP contribution in [-0.4, -0.2) is 171 Å². The minimum absolute atomic E-state index is 0.0151. The van der Waals surface area contributed by atoms with Crippen molar-refractivity contribution in [2.45, 2.75) is 258 Å². The van der Waals surface area contributed by atoms with Crippen LogP contribution in [0.1, 0.15) is 149 Å². The molecule has 3 spiro atoms. The number of carbonyl (C=O) groups excluding carboxylic acids is 1. The number of hydrogen-bond donors (Lipinski definition) is 7. The Morgan fingerprint density at radius 2 is 1.49 bits per heavy atom. The summed E-state index contributed by atoms with van der Waals surface area (Å²) in [6.07, 6.45) is 2.86. The third kappa shape index (κ3) is 13.6. The molecule has 7 saturated heterocycles. The summed E-state index contributed by atoms with van der Waals surface area (Å²) >= 11 is 0.